The number of imidazole rings is 1. The van der Waals surface area contributed by atoms with E-state index in [0.29, 0.717) is 6.04 Å². The first-order valence-electron chi connectivity index (χ1n) is 6.73. The molecule has 2 aromatic rings. The number of aromatic nitrogens is 3. The molecule has 0 bridgehead atoms. The number of hydrogen-bond donors (Lipinski definition) is 0. The highest BCUT2D eigenvalue weighted by Crippen LogP contribution is 2.38. The summed E-state index contributed by atoms with van der Waals surface area (Å²) in [6.07, 6.45) is 5.50. The molecule has 3 atom stereocenters. The Labute approximate surface area is 126 Å². The first-order valence-corrected chi connectivity index (χ1v) is 7.96. The quantitative estimate of drug-likeness (QED) is 0.730. The van der Waals surface area contributed by atoms with Crippen molar-refractivity contribution in [1.82, 2.24) is 14.5 Å². The van der Waals surface area contributed by atoms with Gasteiger partial charge in [0.1, 0.15) is 11.3 Å². The van der Waals surface area contributed by atoms with E-state index < -0.39 is 0 Å². The van der Waals surface area contributed by atoms with E-state index >= 15 is 0 Å². The van der Waals surface area contributed by atoms with Gasteiger partial charge in [0.05, 0.1) is 5.38 Å². The Balaban J connectivity index is 2.16. The average molecular weight is 343 g/mol. The van der Waals surface area contributed by atoms with E-state index in [-0.39, 0.29) is 5.38 Å². The molecule has 0 N–H and O–H groups in total. The molecule has 0 spiro atoms. The minimum absolute atomic E-state index is 0.0936. The van der Waals surface area contributed by atoms with Crippen LogP contribution in [0.5, 0.6) is 0 Å². The molecule has 1 aliphatic rings. The van der Waals surface area contributed by atoms with Gasteiger partial charge in [-0.15, -0.1) is 11.6 Å². The van der Waals surface area contributed by atoms with Gasteiger partial charge in [-0.25, -0.2) is 9.97 Å². The summed E-state index contributed by atoms with van der Waals surface area (Å²) >= 11 is 9.76. The molecule has 0 radical (unpaired) electrons. The summed E-state index contributed by atoms with van der Waals surface area (Å²) in [6.45, 7) is 4.29. The maximum absolute atomic E-state index is 6.31. The van der Waals surface area contributed by atoms with Gasteiger partial charge < -0.3 is 4.57 Å². The molecular formula is C14H17BrClN3. The van der Waals surface area contributed by atoms with Gasteiger partial charge in [0.25, 0.3) is 0 Å². The Morgan fingerprint density at radius 1 is 1.47 bits per heavy atom. The molecule has 102 valence electrons. The second-order valence-electron chi connectivity index (χ2n) is 5.52. The second-order valence-corrected chi connectivity index (χ2v) is 7.09. The zero-order valence-corrected chi connectivity index (χ0v) is 13.4. The van der Waals surface area contributed by atoms with Crippen LogP contribution in [0.3, 0.4) is 0 Å². The number of fused-ring (bicyclic) bond motifs is 1. The van der Waals surface area contributed by atoms with Gasteiger partial charge in [0.15, 0.2) is 5.65 Å². The topological polar surface area (TPSA) is 30.7 Å². The van der Waals surface area contributed by atoms with Gasteiger partial charge in [-0.2, -0.15) is 0 Å². The first-order chi connectivity index (χ1) is 9.06. The maximum atomic E-state index is 6.31. The molecular weight excluding hydrogens is 326 g/mol. The lowest BCUT2D eigenvalue weighted by Crippen LogP contribution is -2.10. The van der Waals surface area contributed by atoms with Crippen LogP contribution in [0, 0.1) is 5.92 Å². The van der Waals surface area contributed by atoms with Crippen LogP contribution in [-0.4, -0.2) is 14.5 Å². The lowest BCUT2D eigenvalue weighted by molar-refractivity contribution is 0.485. The number of alkyl halides is 1. The van der Waals surface area contributed by atoms with Crippen molar-refractivity contribution in [2.24, 2.45) is 5.92 Å². The predicted octanol–water partition coefficient (Wildman–Crippen LogP) is 4.85. The van der Waals surface area contributed by atoms with Gasteiger partial charge in [-0.05, 0) is 54.1 Å². The van der Waals surface area contributed by atoms with E-state index in [1.165, 1.54) is 19.3 Å². The SMILES string of the molecule is CC1CCC(n2c(C(C)Cl)nc3cc(Br)cnc32)C1. The normalized spacial score (nSPS) is 25.1. The number of pyridine rings is 1. The Morgan fingerprint density at radius 2 is 2.26 bits per heavy atom. The maximum Gasteiger partial charge on any atom is 0.160 e. The predicted molar refractivity (Wildman–Crippen MR) is 81.5 cm³/mol. The van der Waals surface area contributed by atoms with Crippen LogP contribution in [0.4, 0.5) is 0 Å². The summed E-state index contributed by atoms with van der Waals surface area (Å²) in [5, 5.41) is -0.0936. The average Bonchev–Trinajstić information content (AvgIpc) is 2.91. The highest BCUT2D eigenvalue weighted by molar-refractivity contribution is 9.10. The van der Waals surface area contributed by atoms with Crippen molar-refractivity contribution in [3.8, 4) is 0 Å². The molecule has 19 heavy (non-hydrogen) atoms. The molecule has 3 unspecified atom stereocenters. The monoisotopic (exact) mass is 341 g/mol. The minimum Gasteiger partial charge on any atom is -0.308 e. The third-order valence-electron chi connectivity index (χ3n) is 3.91. The summed E-state index contributed by atoms with van der Waals surface area (Å²) < 4.78 is 3.22. The molecule has 0 aliphatic heterocycles. The molecule has 3 rings (SSSR count). The second kappa shape index (κ2) is 5.06. The smallest absolute Gasteiger partial charge is 0.160 e. The van der Waals surface area contributed by atoms with Crippen LogP contribution in [-0.2, 0) is 0 Å². The van der Waals surface area contributed by atoms with E-state index in [1.807, 2.05) is 19.2 Å². The van der Waals surface area contributed by atoms with Crippen molar-refractivity contribution in [3.05, 3.63) is 22.6 Å². The molecule has 2 aromatic heterocycles. The Hall–Kier alpha value is -0.610. The standard InChI is InChI=1S/C14H17BrClN3/c1-8-3-4-11(5-8)19-13(9(2)16)18-12-6-10(15)7-17-14(12)19/h6-9,11H,3-5H2,1-2H3. The Kier molecular flexibility index (Phi) is 3.56. The Morgan fingerprint density at radius 3 is 2.89 bits per heavy atom. The fraction of sp³-hybridized carbons (Fsp3) is 0.571. The van der Waals surface area contributed by atoms with Gasteiger partial charge in [-0.1, -0.05) is 6.92 Å². The number of nitrogens with zero attached hydrogens (tertiary/aromatic N) is 3. The largest absolute Gasteiger partial charge is 0.308 e. The molecule has 5 heteroatoms. The lowest BCUT2D eigenvalue weighted by Gasteiger charge is -2.17. The van der Waals surface area contributed by atoms with E-state index in [2.05, 4.69) is 37.4 Å². The van der Waals surface area contributed by atoms with E-state index in [1.54, 1.807) is 0 Å². The van der Waals surface area contributed by atoms with Gasteiger partial charge in [0, 0.05) is 16.7 Å². The molecule has 0 aromatic carbocycles. The van der Waals surface area contributed by atoms with Crippen LogP contribution in [0.25, 0.3) is 11.2 Å². The van der Waals surface area contributed by atoms with Gasteiger partial charge in [0.2, 0.25) is 0 Å². The van der Waals surface area contributed by atoms with Crippen LogP contribution in [0.1, 0.15) is 50.4 Å². The third kappa shape index (κ3) is 2.40. The summed E-state index contributed by atoms with van der Waals surface area (Å²) in [7, 11) is 0. The van der Waals surface area contributed by atoms with E-state index in [0.717, 1.165) is 27.4 Å². The van der Waals surface area contributed by atoms with Crippen LogP contribution in [0.15, 0.2) is 16.7 Å². The summed E-state index contributed by atoms with van der Waals surface area (Å²) in [4.78, 5) is 9.23. The van der Waals surface area contributed by atoms with Crippen molar-refractivity contribution in [3.63, 3.8) is 0 Å². The lowest BCUT2D eigenvalue weighted by atomic mass is 10.1. The summed E-state index contributed by atoms with van der Waals surface area (Å²) in [6, 6.07) is 2.50. The van der Waals surface area contributed by atoms with E-state index in [9.17, 15) is 0 Å². The fourth-order valence-electron chi connectivity index (χ4n) is 3.03. The minimum atomic E-state index is -0.0936. The first kappa shape index (κ1) is 13.4. The highest BCUT2D eigenvalue weighted by atomic mass is 79.9. The molecule has 2 heterocycles. The molecule has 1 aliphatic carbocycles. The highest BCUT2D eigenvalue weighted by Gasteiger charge is 2.28. The fourth-order valence-corrected chi connectivity index (χ4v) is 3.50. The zero-order chi connectivity index (χ0) is 13.6. The molecule has 1 fully saturated rings. The van der Waals surface area contributed by atoms with Gasteiger partial charge >= 0.3 is 0 Å². The molecule has 1 saturated carbocycles. The van der Waals surface area contributed by atoms with Crippen molar-refractivity contribution in [2.75, 3.05) is 0 Å². The third-order valence-corrected chi connectivity index (χ3v) is 4.54. The van der Waals surface area contributed by atoms with Crippen LogP contribution < -0.4 is 0 Å². The zero-order valence-electron chi connectivity index (χ0n) is 11.1. The van der Waals surface area contributed by atoms with Crippen molar-refractivity contribution in [1.29, 1.82) is 0 Å². The number of rotatable bonds is 2. The molecule has 0 amide bonds. The number of hydrogen-bond acceptors (Lipinski definition) is 2. The summed E-state index contributed by atoms with van der Waals surface area (Å²) in [5.74, 6) is 1.72. The Bertz CT molecular complexity index is 608. The van der Waals surface area contributed by atoms with Crippen LogP contribution >= 0.6 is 27.5 Å². The van der Waals surface area contributed by atoms with Crippen LogP contribution in [0.2, 0.25) is 0 Å². The van der Waals surface area contributed by atoms with Crippen molar-refractivity contribution < 1.29 is 0 Å². The van der Waals surface area contributed by atoms with Crippen molar-refractivity contribution in [2.45, 2.75) is 44.5 Å². The molecule has 0 saturated heterocycles. The summed E-state index contributed by atoms with van der Waals surface area (Å²) in [5.41, 5.74) is 1.89. The van der Waals surface area contributed by atoms with Crippen molar-refractivity contribution >= 4 is 38.7 Å². The number of halogens is 2. The van der Waals surface area contributed by atoms with Gasteiger partial charge in [-0.3, -0.25) is 0 Å². The van der Waals surface area contributed by atoms with E-state index in [4.69, 9.17) is 11.6 Å². The molecule has 3 nitrogen and oxygen atoms in total.